The normalized spacial score (nSPS) is 12.2. The molecule has 1 atom stereocenters. The molecule has 3 rings (SSSR count). The molecule has 3 aromatic heterocycles. The topological polar surface area (TPSA) is 108 Å². The Morgan fingerprint density at radius 3 is 1.62 bits per heavy atom. The lowest BCUT2D eigenvalue weighted by atomic mass is 10.2. The van der Waals surface area contributed by atoms with Crippen LogP contribution in [0.3, 0.4) is 0 Å². The third-order valence-corrected chi connectivity index (χ3v) is 3.93. The summed E-state index contributed by atoms with van der Waals surface area (Å²) in [5, 5.41) is 0. The van der Waals surface area contributed by atoms with E-state index in [0.29, 0.717) is 0 Å². The number of rotatable bonds is 6. The Hall–Kier alpha value is -3.40. The molecule has 0 bridgehead atoms. The number of nitrogens with zero attached hydrogens (tertiary/aromatic N) is 7. The minimum atomic E-state index is -0.718. The highest BCUT2D eigenvalue weighted by Crippen LogP contribution is 2.06. The first-order valence-electron chi connectivity index (χ1n) is 7.85. The van der Waals surface area contributed by atoms with E-state index in [2.05, 4.69) is 15.0 Å². The zero-order valence-electron chi connectivity index (χ0n) is 14.0. The number of carbonyl (C=O) groups excluding carboxylic acids is 3. The number of aromatic nitrogens is 6. The van der Waals surface area contributed by atoms with Crippen molar-refractivity contribution in [2.45, 2.75) is 13.0 Å². The van der Waals surface area contributed by atoms with E-state index in [-0.39, 0.29) is 30.8 Å². The first-order valence-corrected chi connectivity index (χ1v) is 7.85. The molecule has 0 saturated heterocycles. The minimum absolute atomic E-state index is 0.127. The van der Waals surface area contributed by atoms with E-state index < -0.39 is 6.04 Å². The molecular formula is C16H17N7O3. The summed E-state index contributed by atoms with van der Waals surface area (Å²) in [5.41, 5.74) is 0. The number of hydrogen-bond acceptors (Lipinski definition) is 7. The molecule has 0 amide bonds. The lowest BCUT2D eigenvalue weighted by Gasteiger charge is -2.26. The van der Waals surface area contributed by atoms with E-state index in [1.54, 1.807) is 6.92 Å². The molecule has 1 unspecified atom stereocenters. The van der Waals surface area contributed by atoms with Crippen LogP contribution in [0.15, 0.2) is 56.2 Å². The van der Waals surface area contributed by atoms with Gasteiger partial charge in [0.05, 0.1) is 19.1 Å². The zero-order chi connectivity index (χ0) is 18.5. The van der Waals surface area contributed by atoms with Gasteiger partial charge in [0.2, 0.25) is 17.7 Å². The fourth-order valence-corrected chi connectivity index (χ4v) is 2.42. The SMILES string of the molecule is CC(C(=O)n1ccnc1)N(CC(=O)n1ccnc1)CC(=O)n1ccnc1. The van der Waals surface area contributed by atoms with Crippen LogP contribution in [0, 0.1) is 0 Å². The molecular weight excluding hydrogens is 338 g/mol. The van der Waals surface area contributed by atoms with Crippen molar-refractivity contribution in [1.29, 1.82) is 0 Å². The van der Waals surface area contributed by atoms with Crippen molar-refractivity contribution in [3.05, 3.63) is 56.2 Å². The second kappa shape index (κ2) is 7.66. The Bertz CT molecular complexity index is 821. The van der Waals surface area contributed by atoms with Gasteiger partial charge in [-0.1, -0.05) is 0 Å². The Morgan fingerprint density at radius 2 is 1.23 bits per heavy atom. The Morgan fingerprint density at radius 1 is 0.808 bits per heavy atom. The van der Waals surface area contributed by atoms with Crippen LogP contribution in [-0.2, 0) is 0 Å². The Balaban J connectivity index is 1.79. The van der Waals surface area contributed by atoms with Crippen LogP contribution in [0.5, 0.6) is 0 Å². The Labute approximate surface area is 148 Å². The van der Waals surface area contributed by atoms with Crippen LogP contribution in [0.4, 0.5) is 0 Å². The summed E-state index contributed by atoms with van der Waals surface area (Å²) >= 11 is 0. The zero-order valence-corrected chi connectivity index (χ0v) is 14.0. The molecule has 134 valence electrons. The van der Waals surface area contributed by atoms with Gasteiger partial charge in [-0.15, -0.1) is 0 Å². The van der Waals surface area contributed by atoms with Gasteiger partial charge in [0.1, 0.15) is 19.0 Å². The summed E-state index contributed by atoms with van der Waals surface area (Å²) in [6.07, 6.45) is 13.1. The monoisotopic (exact) mass is 355 g/mol. The highest BCUT2D eigenvalue weighted by molar-refractivity contribution is 5.88. The molecule has 3 aromatic rings. The molecule has 0 saturated carbocycles. The van der Waals surface area contributed by atoms with Crippen LogP contribution in [0.1, 0.15) is 21.3 Å². The molecule has 0 spiro atoms. The third-order valence-electron chi connectivity index (χ3n) is 3.93. The predicted octanol–water partition coefficient (Wildman–Crippen LogP) is 0.288. The van der Waals surface area contributed by atoms with Crippen LogP contribution in [0.2, 0.25) is 0 Å². The molecule has 0 N–H and O–H groups in total. The summed E-state index contributed by atoms with van der Waals surface area (Å²) < 4.78 is 3.94. The largest absolute Gasteiger partial charge is 0.275 e. The lowest BCUT2D eigenvalue weighted by molar-refractivity contribution is 0.0648. The fourth-order valence-electron chi connectivity index (χ4n) is 2.42. The van der Waals surface area contributed by atoms with Crippen LogP contribution in [-0.4, -0.2) is 70.4 Å². The van der Waals surface area contributed by atoms with Crippen molar-refractivity contribution in [2.24, 2.45) is 0 Å². The van der Waals surface area contributed by atoms with Gasteiger partial charge in [-0.3, -0.25) is 33.0 Å². The molecule has 0 radical (unpaired) electrons. The maximum absolute atomic E-state index is 12.6. The highest BCUT2D eigenvalue weighted by Gasteiger charge is 2.27. The van der Waals surface area contributed by atoms with Crippen LogP contribution < -0.4 is 0 Å². The molecule has 10 heteroatoms. The van der Waals surface area contributed by atoms with Crippen molar-refractivity contribution in [1.82, 2.24) is 33.6 Å². The van der Waals surface area contributed by atoms with Crippen LogP contribution in [0.25, 0.3) is 0 Å². The molecule has 26 heavy (non-hydrogen) atoms. The summed E-state index contributed by atoms with van der Waals surface area (Å²) in [6.45, 7) is 1.39. The first kappa shape index (κ1) is 17.4. The van der Waals surface area contributed by atoms with E-state index in [9.17, 15) is 14.4 Å². The summed E-state index contributed by atoms with van der Waals surface area (Å²) in [4.78, 5) is 50.5. The second-order valence-corrected chi connectivity index (χ2v) is 5.62. The van der Waals surface area contributed by atoms with Crippen molar-refractivity contribution in [3.8, 4) is 0 Å². The molecule has 0 aliphatic rings. The number of imidazole rings is 3. The molecule has 3 heterocycles. The summed E-state index contributed by atoms with van der Waals surface area (Å²) in [6, 6.07) is -0.718. The second-order valence-electron chi connectivity index (χ2n) is 5.62. The van der Waals surface area contributed by atoms with Gasteiger partial charge < -0.3 is 0 Å². The van der Waals surface area contributed by atoms with Gasteiger partial charge in [0.15, 0.2) is 0 Å². The predicted molar refractivity (Wildman–Crippen MR) is 89.6 cm³/mol. The lowest BCUT2D eigenvalue weighted by Crippen LogP contribution is -2.47. The average molecular weight is 355 g/mol. The van der Waals surface area contributed by atoms with E-state index in [1.165, 1.54) is 74.8 Å². The standard InChI is InChI=1S/C16H17N7O3/c1-13(16(26)22-7-4-19-12-22)23(8-14(24)20-5-2-17-10-20)9-15(25)21-6-3-18-11-21/h2-7,10-13H,8-9H2,1H3. The molecule has 0 fully saturated rings. The van der Waals surface area contributed by atoms with E-state index >= 15 is 0 Å². The van der Waals surface area contributed by atoms with E-state index in [1.807, 2.05) is 0 Å². The molecule has 0 aliphatic heterocycles. The first-order chi connectivity index (χ1) is 12.6. The quantitative estimate of drug-likeness (QED) is 0.625. The Kier molecular flexibility index (Phi) is 5.13. The molecule has 0 aliphatic carbocycles. The van der Waals surface area contributed by atoms with Crippen molar-refractivity contribution in [3.63, 3.8) is 0 Å². The molecule has 10 nitrogen and oxygen atoms in total. The maximum atomic E-state index is 12.6. The number of hydrogen-bond donors (Lipinski definition) is 0. The van der Waals surface area contributed by atoms with Gasteiger partial charge in [-0.25, -0.2) is 15.0 Å². The smallest absolute Gasteiger partial charge is 0.248 e. The summed E-state index contributed by atoms with van der Waals surface area (Å²) in [5.74, 6) is -0.892. The van der Waals surface area contributed by atoms with Crippen molar-refractivity contribution >= 4 is 17.7 Å². The van der Waals surface area contributed by atoms with Crippen molar-refractivity contribution in [2.75, 3.05) is 13.1 Å². The third kappa shape index (κ3) is 3.81. The maximum Gasteiger partial charge on any atom is 0.248 e. The van der Waals surface area contributed by atoms with Gasteiger partial charge in [0, 0.05) is 37.2 Å². The van der Waals surface area contributed by atoms with E-state index in [4.69, 9.17) is 0 Å². The highest BCUT2D eigenvalue weighted by atomic mass is 16.2. The van der Waals surface area contributed by atoms with Crippen LogP contribution >= 0.6 is 0 Å². The van der Waals surface area contributed by atoms with E-state index in [0.717, 1.165) is 0 Å². The fraction of sp³-hybridized carbons (Fsp3) is 0.250. The molecule has 0 aromatic carbocycles. The number of carbonyl (C=O) groups is 3. The van der Waals surface area contributed by atoms with Gasteiger partial charge in [0.25, 0.3) is 0 Å². The van der Waals surface area contributed by atoms with Gasteiger partial charge in [-0.2, -0.15) is 0 Å². The van der Waals surface area contributed by atoms with Gasteiger partial charge in [-0.05, 0) is 6.92 Å². The minimum Gasteiger partial charge on any atom is -0.275 e. The average Bonchev–Trinajstić information content (AvgIpc) is 3.42. The summed E-state index contributed by atoms with van der Waals surface area (Å²) in [7, 11) is 0. The van der Waals surface area contributed by atoms with Crippen molar-refractivity contribution < 1.29 is 14.4 Å². The van der Waals surface area contributed by atoms with Gasteiger partial charge >= 0.3 is 0 Å².